The highest BCUT2D eigenvalue weighted by Crippen LogP contribution is 2.22. The summed E-state index contributed by atoms with van der Waals surface area (Å²) in [4.78, 5) is 11.4. The molecule has 1 aromatic carbocycles. The molecule has 5 heteroatoms. The normalized spacial score (nSPS) is 13.9. The maximum absolute atomic E-state index is 4.73. The number of benzene rings is 1. The summed E-state index contributed by atoms with van der Waals surface area (Å²) in [5.41, 5.74) is 4.86. The van der Waals surface area contributed by atoms with E-state index in [1.807, 2.05) is 30.8 Å². The van der Waals surface area contributed by atoms with Gasteiger partial charge in [-0.05, 0) is 37.5 Å². The van der Waals surface area contributed by atoms with Gasteiger partial charge in [-0.2, -0.15) is 10.1 Å². The zero-order valence-electron chi connectivity index (χ0n) is 13.4. The van der Waals surface area contributed by atoms with Gasteiger partial charge in [0.25, 0.3) is 0 Å². The lowest BCUT2D eigenvalue weighted by atomic mass is 10.0. The first-order chi connectivity index (χ1) is 11.2. The first-order valence-electron chi connectivity index (χ1n) is 7.89. The fourth-order valence-corrected chi connectivity index (χ4v) is 3.14. The number of hydrogen-bond acceptors (Lipinski definition) is 4. The summed E-state index contributed by atoms with van der Waals surface area (Å²) in [7, 11) is 0. The molecule has 23 heavy (non-hydrogen) atoms. The number of nitrogens with zero attached hydrogens (tertiary/aromatic N) is 5. The lowest BCUT2D eigenvalue weighted by Gasteiger charge is -2.28. The molecule has 0 spiro atoms. The topological polar surface area (TPSA) is 46.8 Å². The monoisotopic (exact) mass is 305 g/mol. The average Bonchev–Trinajstić information content (AvgIpc) is 2.93. The van der Waals surface area contributed by atoms with Gasteiger partial charge in [-0.25, -0.2) is 9.67 Å². The van der Waals surface area contributed by atoms with E-state index in [0.29, 0.717) is 0 Å². The minimum atomic E-state index is 0.768. The minimum absolute atomic E-state index is 0.768. The Balaban J connectivity index is 1.66. The third-order valence-corrected chi connectivity index (χ3v) is 4.27. The second-order valence-corrected chi connectivity index (χ2v) is 5.99. The van der Waals surface area contributed by atoms with Crippen molar-refractivity contribution >= 4 is 5.95 Å². The molecule has 116 valence electrons. The first-order valence-corrected chi connectivity index (χ1v) is 7.89. The number of rotatable bonds is 2. The summed E-state index contributed by atoms with van der Waals surface area (Å²) >= 11 is 0. The first kappa shape index (κ1) is 13.9. The third-order valence-electron chi connectivity index (χ3n) is 4.27. The van der Waals surface area contributed by atoms with Gasteiger partial charge >= 0.3 is 0 Å². The molecule has 0 N–H and O–H groups in total. The van der Waals surface area contributed by atoms with Crippen molar-refractivity contribution in [3.8, 4) is 5.82 Å². The van der Waals surface area contributed by atoms with Gasteiger partial charge in [0.05, 0.1) is 5.69 Å². The molecular weight excluding hydrogens is 286 g/mol. The molecule has 0 unspecified atom stereocenters. The summed E-state index contributed by atoms with van der Waals surface area (Å²) in [5, 5.41) is 4.51. The van der Waals surface area contributed by atoms with Crippen molar-refractivity contribution < 1.29 is 0 Å². The van der Waals surface area contributed by atoms with Crippen LogP contribution in [0, 0.1) is 13.8 Å². The molecule has 0 bridgehead atoms. The highest BCUT2D eigenvalue weighted by Gasteiger charge is 2.18. The quantitative estimate of drug-likeness (QED) is 0.730. The van der Waals surface area contributed by atoms with Gasteiger partial charge in [-0.15, -0.1) is 0 Å². The number of hydrogen-bond donors (Lipinski definition) is 0. The lowest BCUT2D eigenvalue weighted by Crippen LogP contribution is -2.31. The van der Waals surface area contributed by atoms with Crippen LogP contribution in [-0.4, -0.2) is 26.3 Å². The standard InChI is InChI=1S/C18H19N5/c1-13-11-14(2)23(21-13)17-7-9-19-18(20-17)22-10-8-15-5-3-4-6-16(15)12-22/h3-7,9,11H,8,10,12H2,1-2H3. The number of fused-ring (bicyclic) bond motifs is 1. The molecule has 0 fully saturated rings. The molecular formula is C18H19N5. The predicted molar refractivity (Wildman–Crippen MR) is 89.8 cm³/mol. The molecule has 0 atom stereocenters. The van der Waals surface area contributed by atoms with E-state index in [1.165, 1.54) is 11.1 Å². The van der Waals surface area contributed by atoms with E-state index in [2.05, 4.69) is 45.3 Å². The van der Waals surface area contributed by atoms with Gasteiger partial charge in [0, 0.05) is 31.0 Å². The van der Waals surface area contributed by atoms with E-state index in [0.717, 1.165) is 42.7 Å². The Bertz CT molecular complexity index is 852. The van der Waals surface area contributed by atoms with Gasteiger partial charge < -0.3 is 4.90 Å². The van der Waals surface area contributed by atoms with Crippen LogP contribution in [0.1, 0.15) is 22.5 Å². The van der Waals surface area contributed by atoms with E-state index in [1.54, 1.807) is 0 Å². The van der Waals surface area contributed by atoms with Gasteiger partial charge in [-0.3, -0.25) is 0 Å². The van der Waals surface area contributed by atoms with Crippen molar-refractivity contribution in [2.45, 2.75) is 26.8 Å². The van der Waals surface area contributed by atoms with Crippen LogP contribution in [-0.2, 0) is 13.0 Å². The molecule has 0 radical (unpaired) electrons. The molecule has 4 rings (SSSR count). The van der Waals surface area contributed by atoms with Crippen molar-refractivity contribution in [3.05, 3.63) is 65.1 Å². The number of aromatic nitrogens is 4. The summed E-state index contributed by atoms with van der Waals surface area (Å²) in [6.45, 7) is 5.83. The fraction of sp³-hybridized carbons (Fsp3) is 0.278. The molecule has 0 aliphatic carbocycles. The van der Waals surface area contributed by atoms with Gasteiger partial charge in [0.2, 0.25) is 5.95 Å². The van der Waals surface area contributed by atoms with Crippen molar-refractivity contribution in [2.75, 3.05) is 11.4 Å². The number of aryl methyl sites for hydroxylation is 2. The maximum atomic E-state index is 4.73. The molecule has 0 saturated carbocycles. The van der Waals surface area contributed by atoms with Crippen LogP contribution in [0.4, 0.5) is 5.95 Å². The zero-order valence-corrected chi connectivity index (χ0v) is 13.4. The second-order valence-electron chi connectivity index (χ2n) is 5.99. The molecule has 1 aliphatic rings. The Labute approximate surface area is 135 Å². The molecule has 1 aliphatic heterocycles. The van der Waals surface area contributed by atoms with Crippen LogP contribution in [0.3, 0.4) is 0 Å². The molecule has 0 amide bonds. The van der Waals surface area contributed by atoms with Crippen molar-refractivity contribution in [1.29, 1.82) is 0 Å². The minimum Gasteiger partial charge on any atom is -0.336 e. The largest absolute Gasteiger partial charge is 0.336 e. The smallest absolute Gasteiger partial charge is 0.227 e. The van der Waals surface area contributed by atoms with E-state index >= 15 is 0 Å². The molecule has 3 aromatic rings. The van der Waals surface area contributed by atoms with Crippen molar-refractivity contribution in [3.63, 3.8) is 0 Å². The third kappa shape index (κ3) is 2.59. The van der Waals surface area contributed by atoms with Crippen molar-refractivity contribution in [2.24, 2.45) is 0 Å². The van der Waals surface area contributed by atoms with Gasteiger partial charge in [-0.1, -0.05) is 24.3 Å². The Morgan fingerprint density at radius 3 is 2.65 bits per heavy atom. The maximum Gasteiger partial charge on any atom is 0.227 e. The Morgan fingerprint density at radius 1 is 1.04 bits per heavy atom. The molecule has 0 saturated heterocycles. The average molecular weight is 305 g/mol. The van der Waals surface area contributed by atoms with Crippen molar-refractivity contribution in [1.82, 2.24) is 19.7 Å². The SMILES string of the molecule is Cc1cc(C)n(-c2ccnc(N3CCc4ccccc4C3)n2)n1. The summed E-state index contributed by atoms with van der Waals surface area (Å²) in [6, 6.07) is 12.6. The van der Waals surface area contributed by atoms with Crippen LogP contribution in [0.5, 0.6) is 0 Å². The summed E-state index contributed by atoms with van der Waals surface area (Å²) in [6.07, 6.45) is 2.85. The number of anilines is 1. The molecule has 5 nitrogen and oxygen atoms in total. The van der Waals surface area contributed by atoms with Crippen LogP contribution in [0.25, 0.3) is 5.82 Å². The van der Waals surface area contributed by atoms with Gasteiger partial charge in [0.15, 0.2) is 5.82 Å². The molecule has 2 aromatic heterocycles. The Kier molecular flexibility index (Phi) is 3.33. The second kappa shape index (κ2) is 5.50. The lowest BCUT2D eigenvalue weighted by molar-refractivity contribution is 0.700. The van der Waals surface area contributed by atoms with E-state index in [-0.39, 0.29) is 0 Å². The van der Waals surface area contributed by atoms with Crippen LogP contribution >= 0.6 is 0 Å². The van der Waals surface area contributed by atoms with E-state index in [9.17, 15) is 0 Å². The Hall–Kier alpha value is -2.69. The van der Waals surface area contributed by atoms with E-state index in [4.69, 9.17) is 4.98 Å². The molecule has 3 heterocycles. The van der Waals surface area contributed by atoms with Crippen LogP contribution < -0.4 is 4.90 Å². The zero-order chi connectivity index (χ0) is 15.8. The highest BCUT2D eigenvalue weighted by molar-refractivity contribution is 5.41. The highest BCUT2D eigenvalue weighted by atomic mass is 15.3. The van der Waals surface area contributed by atoms with Crippen LogP contribution in [0.2, 0.25) is 0 Å². The predicted octanol–water partition coefficient (Wildman–Crippen LogP) is 2.84. The fourth-order valence-electron chi connectivity index (χ4n) is 3.14. The van der Waals surface area contributed by atoms with Gasteiger partial charge in [0.1, 0.15) is 0 Å². The van der Waals surface area contributed by atoms with E-state index < -0.39 is 0 Å². The summed E-state index contributed by atoms with van der Waals surface area (Å²) < 4.78 is 1.87. The Morgan fingerprint density at radius 2 is 1.87 bits per heavy atom. The summed E-state index contributed by atoms with van der Waals surface area (Å²) in [5.74, 6) is 1.59. The van der Waals surface area contributed by atoms with Crippen LogP contribution in [0.15, 0.2) is 42.6 Å².